The third-order valence-electron chi connectivity index (χ3n) is 2.05. The minimum Gasteiger partial charge on any atom is -0.454 e. The standard InChI is InChI=1S/C11H9ClO2/c1-2-3-4-8-5-9(12)11-10(6-8)13-7-14-11/h1,5-6H,3-4,7H2. The maximum atomic E-state index is 6.00. The molecule has 1 aromatic carbocycles. The Bertz CT molecular complexity index is 393. The lowest BCUT2D eigenvalue weighted by molar-refractivity contribution is 0.174. The van der Waals surface area contributed by atoms with Crippen LogP contribution in [0.2, 0.25) is 5.02 Å². The van der Waals surface area contributed by atoms with Gasteiger partial charge in [-0.1, -0.05) is 11.6 Å². The first kappa shape index (κ1) is 9.23. The van der Waals surface area contributed by atoms with Crippen LogP contribution in [0.15, 0.2) is 12.1 Å². The number of aryl methyl sites for hydroxylation is 1. The molecule has 0 saturated heterocycles. The summed E-state index contributed by atoms with van der Waals surface area (Å²) >= 11 is 6.00. The lowest BCUT2D eigenvalue weighted by atomic mass is 10.1. The number of fused-ring (bicyclic) bond motifs is 1. The van der Waals surface area contributed by atoms with E-state index in [-0.39, 0.29) is 6.79 Å². The molecule has 72 valence electrons. The molecular formula is C11H9ClO2. The SMILES string of the molecule is C#CCCc1cc(Cl)c2c(c1)OCO2. The van der Waals surface area contributed by atoms with Crippen molar-refractivity contribution in [3.05, 3.63) is 22.7 Å². The van der Waals surface area contributed by atoms with E-state index in [1.807, 2.05) is 12.1 Å². The minimum atomic E-state index is 0.244. The second kappa shape index (κ2) is 3.81. The molecule has 0 atom stereocenters. The van der Waals surface area contributed by atoms with Gasteiger partial charge in [-0.3, -0.25) is 0 Å². The average molecular weight is 209 g/mol. The first-order valence-electron chi connectivity index (χ1n) is 4.33. The van der Waals surface area contributed by atoms with Gasteiger partial charge in [0.15, 0.2) is 11.5 Å². The third-order valence-corrected chi connectivity index (χ3v) is 2.33. The Morgan fingerprint density at radius 2 is 2.29 bits per heavy atom. The number of benzene rings is 1. The van der Waals surface area contributed by atoms with Gasteiger partial charge in [0, 0.05) is 6.42 Å². The molecule has 0 saturated carbocycles. The molecule has 0 amide bonds. The summed E-state index contributed by atoms with van der Waals surface area (Å²) in [6.45, 7) is 0.244. The molecular weight excluding hydrogens is 200 g/mol. The zero-order chi connectivity index (χ0) is 9.97. The van der Waals surface area contributed by atoms with Crippen molar-refractivity contribution in [3.63, 3.8) is 0 Å². The highest BCUT2D eigenvalue weighted by molar-refractivity contribution is 6.32. The molecule has 0 radical (unpaired) electrons. The van der Waals surface area contributed by atoms with Crippen molar-refractivity contribution in [2.24, 2.45) is 0 Å². The van der Waals surface area contributed by atoms with Crippen molar-refractivity contribution in [1.29, 1.82) is 0 Å². The molecule has 3 heteroatoms. The largest absolute Gasteiger partial charge is 0.454 e. The summed E-state index contributed by atoms with van der Waals surface area (Å²) in [6, 6.07) is 3.79. The minimum absolute atomic E-state index is 0.244. The fraction of sp³-hybridized carbons (Fsp3) is 0.273. The average Bonchev–Trinajstić information content (AvgIpc) is 2.63. The van der Waals surface area contributed by atoms with Crippen LogP contribution in [0.1, 0.15) is 12.0 Å². The van der Waals surface area contributed by atoms with E-state index in [1.54, 1.807) is 0 Å². The highest BCUT2D eigenvalue weighted by Crippen LogP contribution is 2.39. The van der Waals surface area contributed by atoms with Crippen LogP contribution in [-0.2, 0) is 6.42 Å². The summed E-state index contributed by atoms with van der Waals surface area (Å²) in [5, 5.41) is 0.590. The third kappa shape index (κ3) is 1.64. The summed E-state index contributed by atoms with van der Waals surface area (Å²) in [5.41, 5.74) is 1.08. The van der Waals surface area contributed by atoms with Crippen molar-refractivity contribution in [2.45, 2.75) is 12.8 Å². The monoisotopic (exact) mass is 208 g/mol. The van der Waals surface area contributed by atoms with Gasteiger partial charge in [-0.2, -0.15) is 0 Å². The summed E-state index contributed by atoms with van der Waals surface area (Å²) in [4.78, 5) is 0. The predicted octanol–water partition coefficient (Wildman–Crippen LogP) is 2.63. The number of hydrogen-bond donors (Lipinski definition) is 0. The van der Waals surface area contributed by atoms with Gasteiger partial charge >= 0.3 is 0 Å². The van der Waals surface area contributed by atoms with Gasteiger partial charge in [0.2, 0.25) is 6.79 Å². The molecule has 0 aliphatic carbocycles. The number of terminal acetylenes is 1. The van der Waals surface area contributed by atoms with Crippen molar-refractivity contribution >= 4 is 11.6 Å². The molecule has 0 fully saturated rings. The lowest BCUT2D eigenvalue weighted by Crippen LogP contribution is -1.93. The first-order valence-corrected chi connectivity index (χ1v) is 4.70. The van der Waals surface area contributed by atoms with E-state index in [9.17, 15) is 0 Å². The van der Waals surface area contributed by atoms with E-state index in [1.165, 1.54) is 0 Å². The fourth-order valence-corrected chi connectivity index (χ4v) is 1.67. The van der Waals surface area contributed by atoms with E-state index in [0.29, 0.717) is 22.9 Å². The van der Waals surface area contributed by atoms with Gasteiger partial charge in [-0.15, -0.1) is 12.3 Å². The van der Waals surface area contributed by atoms with Crippen LogP contribution in [0.3, 0.4) is 0 Å². The van der Waals surface area contributed by atoms with Crippen LogP contribution in [0.25, 0.3) is 0 Å². The topological polar surface area (TPSA) is 18.5 Å². The lowest BCUT2D eigenvalue weighted by Gasteiger charge is -2.02. The zero-order valence-electron chi connectivity index (χ0n) is 7.55. The summed E-state index contributed by atoms with van der Waals surface area (Å²) in [5.74, 6) is 3.94. The second-order valence-corrected chi connectivity index (χ2v) is 3.42. The van der Waals surface area contributed by atoms with E-state index in [0.717, 1.165) is 12.0 Å². The van der Waals surface area contributed by atoms with Crippen LogP contribution < -0.4 is 9.47 Å². The normalized spacial score (nSPS) is 12.6. The summed E-state index contributed by atoms with van der Waals surface area (Å²) in [6.07, 6.45) is 6.70. The van der Waals surface area contributed by atoms with Crippen molar-refractivity contribution < 1.29 is 9.47 Å². The number of ether oxygens (including phenoxy) is 2. The van der Waals surface area contributed by atoms with Crippen molar-refractivity contribution in [2.75, 3.05) is 6.79 Å². The quantitative estimate of drug-likeness (QED) is 0.696. The zero-order valence-corrected chi connectivity index (χ0v) is 8.30. The Balaban J connectivity index is 2.28. The first-order chi connectivity index (χ1) is 6.81. The van der Waals surface area contributed by atoms with Gasteiger partial charge in [-0.05, 0) is 24.1 Å². The van der Waals surface area contributed by atoms with Crippen molar-refractivity contribution in [3.8, 4) is 23.8 Å². The maximum Gasteiger partial charge on any atom is 0.231 e. The smallest absolute Gasteiger partial charge is 0.231 e. The number of rotatable bonds is 2. The molecule has 2 nitrogen and oxygen atoms in total. The molecule has 1 heterocycles. The van der Waals surface area contributed by atoms with Crippen LogP contribution in [0.5, 0.6) is 11.5 Å². The van der Waals surface area contributed by atoms with Crippen molar-refractivity contribution in [1.82, 2.24) is 0 Å². The van der Waals surface area contributed by atoms with Crippen LogP contribution >= 0.6 is 11.6 Å². The summed E-state index contributed by atoms with van der Waals surface area (Å²) in [7, 11) is 0. The number of halogens is 1. The van der Waals surface area contributed by atoms with Gasteiger partial charge in [0.05, 0.1) is 5.02 Å². The molecule has 0 spiro atoms. The molecule has 1 aromatic rings. The van der Waals surface area contributed by atoms with Crippen LogP contribution in [-0.4, -0.2) is 6.79 Å². The van der Waals surface area contributed by atoms with Crippen LogP contribution in [0.4, 0.5) is 0 Å². The van der Waals surface area contributed by atoms with Gasteiger partial charge in [-0.25, -0.2) is 0 Å². The molecule has 0 aromatic heterocycles. The Kier molecular flexibility index (Phi) is 2.51. The van der Waals surface area contributed by atoms with Crippen LogP contribution in [0, 0.1) is 12.3 Å². The van der Waals surface area contributed by atoms with Gasteiger partial charge < -0.3 is 9.47 Å². The molecule has 0 unspecified atom stereocenters. The Morgan fingerprint density at radius 1 is 1.43 bits per heavy atom. The van der Waals surface area contributed by atoms with E-state index in [4.69, 9.17) is 27.5 Å². The Hall–Kier alpha value is -1.33. The molecule has 0 bridgehead atoms. The second-order valence-electron chi connectivity index (χ2n) is 3.02. The predicted molar refractivity (Wildman–Crippen MR) is 54.7 cm³/mol. The Labute approximate surface area is 87.8 Å². The fourth-order valence-electron chi connectivity index (χ4n) is 1.38. The highest BCUT2D eigenvalue weighted by Gasteiger charge is 2.17. The van der Waals surface area contributed by atoms with E-state index >= 15 is 0 Å². The number of hydrogen-bond acceptors (Lipinski definition) is 2. The molecule has 14 heavy (non-hydrogen) atoms. The highest BCUT2D eigenvalue weighted by atomic mass is 35.5. The molecule has 2 rings (SSSR count). The van der Waals surface area contributed by atoms with E-state index in [2.05, 4.69) is 5.92 Å². The maximum absolute atomic E-state index is 6.00. The van der Waals surface area contributed by atoms with Gasteiger partial charge in [0.1, 0.15) is 0 Å². The molecule has 1 aliphatic heterocycles. The molecule has 0 N–H and O–H groups in total. The molecule has 1 aliphatic rings. The Morgan fingerprint density at radius 3 is 3.07 bits per heavy atom. The summed E-state index contributed by atoms with van der Waals surface area (Å²) < 4.78 is 10.4. The van der Waals surface area contributed by atoms with Gasteiger partial charge in [0.25, 0.3) is 0 Å². The van der Waals surface area contributed by atoms with E-state index < -0.39 is 0 Å².